The second-order valence-electron chi connectivity index (χ2n) is 10.5. The van der Waals surface area contributed by atoms with Gasteiger partial charge in [-0.15, -0.1) is 0 Å². The molecule has 2 heterocycles. The molecule has 0 aliphatic carbocycles. The maximum Gasteiger partial charge on any atom is 0.411 e. The zero-order chi connectivity index (χ0) is 33.5. The van der Waals surface area contributed by atoms with Gasteiger partial charge in [-0.25, -0.2) is 4.79 Å². The van der Waals surface area contributed by atoms with Gasteiger partial charge < -0.3 is 24.2 Å². The number of anilines is 1. The second kappa shape index (κ2) is 15.2. The lowest BCUT2D eigenvalue weighted by Crippen LogP contribution is -2.36. The lowest BCUT2D eigenvalue weighted by Gasteiger charge is -2.24. The molecule has 0 radical (unpaired) electrons. The number of rotatable bonds is 12. The smallest absolute Gasteiger partial charge is 0.411 e. The van der Waals surface area contributed by atoms with Gasteiger partial charge in [0.2, 0.25) is 0 Å². The number of carbonyl (C=O) groups excluding carboxylic acids is 2. The summed E-state index contributed by atoms with van der Waals surface area (Å²) in [6, 6.07) is 18.3. The quantitative estimate of drug-likeness (QED) is 0.0927. The Balaban J connectivity index is 1.30. The molecule has 3 aromatic carbocycles. The average Bonchev–Trinajstić information content (AvgIpc) is 3.54. The van der Waals surface area contributed by atoms with Crippen molar-refractivity contribution in [2.45, 2.75) is 29.5 Å². The number of amides is 2. The fraction of sp³-hybridized carbons (Fsp3) is 0.242. The van der Waals surface area contributed by atoms with Crippen LogP contribution in [0.2, 0.25) is 0 Å². The molecule has 2 atom stereocenters. The van der Waals surface area contributed by atoms with Crippen LogP contribution in [-0.4, -0.2) is 70.6 Å². The third kappa shape index (κ3) is 7.96. The molecular weight excluding hydrogens is 645 g/mol. The molecule has 0 spiro atoms. The Morgan fingerprint density at radius 3 is 2.55 bits per heavy atom. The molecule has 0 saturated heterocycles. The molecule has 12 nitrogen and oxygen atoms in total. The highest BCUT2D eigenvalue weighted by molar-refractivity contribution is 8.76. The van der Waals surface area contributed by atoms with E-state index in [4.69, 9.17) is 14.2 Å². The van der Waals surface area contributed by atoms with Crippen molar-refractivity contribution >= 4 is 61.4 Å². The summed E-state index contributed by atoms with van der Waals surface area (Å²) in [7, 11) is 5.74. The zero-order valence-electron chi connectivity index (χ0n) is 25.7. The minimum Gasteiger partial charge on any atom is -0.493 e. The number of hydrogen-bond acceptors (Lipinski definition) is 11. The molecule has 0 fully saturated rings. The van der Waals surface area contributed by atoms with Crippen molar-refractivity contribution < 1.29 is 33.8 Å². The highest BCUT2D eigenvalue weighted by Gasteiger charge is 2.32. The van der Waals surface area contributed by atoms with Gasteiger partial charge in [-0.1, -0.05) is 33.7 Å². The summed E-state index contributed by atoms with van der Waals surface area (Å²) in [5, 5.41) is 24.6. The van der Waals surface area contributed by atoms with Crippen molar-refractivity contribution in [2.75, 3.05) is 32.8 Å². The maximum atomic E-state index is 14.0. The van der Waals surface area contributed by atoms with Crippen molar-refractivity contribution in [3.05, 3.63) is 100 Å². The summed E-state index contributed by atoms with van der Waals surface area (Å²) in [6.45, 7) is 1.66. The van der Waals surface area contributed by atoms with Crippen LogP contribution in [0.25, 0.3) is 16.5 Å². The highest BCUT2D eigenvalue weighted by Crippen LogP contribution is 2.38. The van der Waals surface area contributed by atoms with E-state index in [0.29, 0.717) is 12.2 Å². The molecule has 0 saturated carbocycles. The number of non-ortho nitro benzene ring substituents is 1. The molecule has 5 rings (SSSR count). The lowest BCUT2D eigenvalue weighted by molar-refractivity contribution is -0.384. The number of nitrogens with one attached hydrogen (secondary N) is 1. The zero-order valence-corrected chi connectivity index (χ0v) is 27.4. The van der Waals surface area contributed by atoms with E-state index < -0.39 is 23.0 Å². The van der Waals surface area contributed by atoms with Crippen molar-refractivity contribution in [1.82, 2.24) is 9.88 Å². The molecule has 47 heavy (non-hydrogen) atoms. The summed E-state index contributed by atoms with van der Waals surface area (Å²) in [5.74, 6) is 0.124. The van der Waals surface area contributed by atoms with Crippen molar-refractivity contribution in [2.24, 2.45) is 0 Å². The van der Waals surface area contributed by atoms with Crippen molar-refractivity contribution in [1.29, 1.82) is 0 Å². The first-order valence-corrected chi connectivity index (χ1v) is 16.7. The van der Waals surface area contributed by atoms with E-state index in [-0.39, 0.29) is 41.2 Å². The molecule has 1 aromatic heterocycles. The molecule has 2 N–H and O–H groups in total. The van der Waals surface area contributed by atoms with E-state index in [1.54, 1.807) is 24.5 Å². The van der Waals surface area contributed by atoms with Gasteiger partial charge in [0, 0.05) is 46.1 Å². The van der Waals surface area contributed by atoms with E-state index in [0.717, 1.165) is 26.9 Å². The van der Waals surface area contributed by atoms with E-state index in [2.05, 4.69) is 10.3 Å². The van der Waals surface area contributed by atoms with Crippen LogP contribution in [0.4, 0.5) is 16.2 Å². The lowest BCUT2D eigenvalue weighted by atomic mass is 10.0. The third-order valence-electron chi connectivity index (χ3n) is 7.36. The van der Waals surface area contributed by atoms with Crippen LogP contribution in [0, 0.1) is 10.1 Å². The van der Waals surface area contributed by atoms with Gasteiger partial charge in [0.15, 0.2) is 11.5 Å². The molecular formula is C33H32N4O8S2. The Morgan fingerprint density at radius 2 is 1.85 bits per heavy atom. The Kier molecular flexibility index (Phi) is 10.9. The summed E-state index contributed by atoms with van der Waals surface area (Å²) in [4.78, 5) is 44.1. The van der Waals surface area contributed by atoms with E-state index >= 15 is 0 Å². The van der Waals surface area contributed by atoms with Crippen LogP contribution in [0.3, 0.4) is 0 Å². The van der Waals surface area contributed by atoms with Crippen LogP contribution < -0.4 is 14.8 Å². The van der Waals surface area contributed by atoms with Crippen LogP contribution in [-0.2, 0) is 4.74 Å². The fourth-order valence-electron chi connectivity index (χ4n) is 4.95. The summed E-state index contributed by atoms with van der Waals surface area (Å²) < 4.78 is 16.3. The Labute approximate surface area is 278 Å². The number of aromatic nitrogens is 1. The third-order valence-corrected chi connectivity index (χ3v) is 10.2. The SMILES string of the molecule is COc1cc(NC(=O)OC[C@@H](C)SSc2ccc([N+](=O)[O-])cc2)c(C(=O)N2C=C(c3ccc4ncccc4c3)C[C@H]2CO)cc1OC. The van der Waals surface area contributed by atoms with E-state index in [9.17, 15) is 24.8 Å². The molecule has 2 amide bonds. The number of pyridine rings is 1. The van der Waals surface area contributed by atoms with Crippen LogP contribution in [0.15, 0.2) is 84.0 Å². The summed E-state index contributed by atoms with van der Waals surface area (Å²) in [5.41, 5.74) is 2.91. The van der Waals surface area contributed by atoms with Gasteiger partial charge >= 0.3 is 6.09 Å². The minimum atomic E-state index is -0.778. The molecule has 4 aromatic rings. The first kappa shape index (κ1) is 33.6. The predicted octanol–water partition coefficient (Wildman–Crippen LogP) is 6.79. The minimum absolute atomic E-state index is 0.0104. The van der Waals surface area contributed by atoms with Gasteiger partial charge in [-0.3, -0.25) is 25.2 Å². The Morgan fingerprint density at radius 1 is 1.11 bits per heavy atom. The van der Waals surface area contributed by atoms with Gasteiger partial charge in [-0.2, -0.15) is 0 Å². The second-order valence-corrected chi connectivity index (χ2v) is 13.2. The molecule has 1 aliphatic heterocycles. The maximum absolute atomic E-state index is 14.0. The summed E-state index contributed by atoms with van der Waals surface area (Å²) in [6.07, 6.45) is 3.10. The van der Waals surface area contributed by atoms with Crippen LogP contribution in [0.5, 0.6) is 11.5 Å². The number of ether oxygens (including phenoxy) is 3. The number of fused-ring (bicyclic) bond motifs is 1. The van der Waals surface area contributed by atoms with E-state index in [1.165, 1.54) is 65.0 Å². The normalized spacial score (nSPS) is 14.8. The molecule has 1 aliphatic rings. The Bertz CT molecular complexity index is 1820. The molecule has 244 valence electrons. The average molecular weight is 677 g/mol. The first-order valence-electron chi connectivity index (χ1n) is 14.5. The number of hydrogen-bond donors (Lipinski definition) is 2. The largest absolute Gasteiger partial charge is 0.493 e. The highest BCUT2D eigenvalue weighted by atomic mass is 33.1. The standard InChI is InChI=1S/C33H32N4O8S2/c1-20(46-47-26-9-7-24(8-10-26)37(41)42)19-45-33(40)35-29-16-31(44-3)30(43-2)15-27(29)32(39)36-17-23(14-25(36)18-38)21-6-11-28-22(13-21)5-4-12-34-28/h4-13,15-17,20,25,38H,14,18-19H2,1-3H3,(H,35,40)/t20-,25+/m1/s1. The Hall–Kier alpha value is -4.79. The van der Waals surface area contributed by atoms with Gasteiger partial charge in [0.1, 0.15) is 6.61 Å². The fourth-order valence-corrected chi connectivity index (χ4v) is 6.92. The van der Waals surface area contributed by atoms with Crippen molar-refractivity contribution in [3.63, 3.8) is 0 Å². The first-order chi connectivity index (χ1) is 22.7. The van der Waals surface area contributed by atoms with Crippen LogP contribution >= 0.6 is 21.6 Å². The number of nitro benzene ring substituents is 1. The number of carbonyl (C=O) groups is 2. The van der Waals surface area contributed by atoms with Gasteiger partial charge in [-0.05, 0) is 60.9 Å². The van der Waals surface area contributed by atoms with Crippen molar-refractivity contribution in [3.8, 4) is 11.5 Å². The topological polar surface area (TPSA) is 153 Å². The number of benzene rings is 3. The number of aliphatic hydroxyl groups excluding tert-OH is 1. The van der Waals surface area contributed by atoms with E-state index in [1.807, 2.05) is 37.3 Å². The van der Waals surface area contributed by atoms with Gasteiger partial charge in [0.05, 0.1) is 48.6 Å². The molecule has 0 bridgehead atoms. The summed E-state index contributed by atoms with van der Waals surface area (Å²) >= 11 is 0. The number of nitro groups is 1. The van der Waals surface area contributed by atoms with Crippen LogP contribution in [0.1, 0.15) is 29.3 Å². The van der Waals surface area contributed by atoms with Gasteiger partial charge in [0.25, 0.3) is 11.6 Å². The predicted molar refractivity (Wildman–Crippen MR) is 182 cm³/mol. The number of methoxy groups -OCH3 is 2. The monoisotopic (exact) mass is 676 g/mol. The number of aliphatic hydroxyl groups is 1. The number of nitrogens with zero attached hydrogens (tertiary/aromatic N) is 3. The molecule has 0 unspecified atom stereocenters. The molecule has 14 heteroatoms.